The molecule has 2 rings (SSSR count). The Morgan fingerprint density at radius 1 is 1.53 bits per heavy atom. The van der Waals surface area contributed by atoms with Crippen LogP contribution in [0.25, 0.3) is 0 Å². The van der Waals surface area contributed by atoms with Gasteiger partial charge in [0.1, 0.15) is 5.92 Å². The summed E-state index contributed by atoms with van der Waals surface area (Å²) in [7, 11) is 0. The van der Waals surface area contributed by atoms with Crippen molar-refractivity contribution in [2.45, 2.75) is 37.8 Å². The number of aromatic nitrogens is 1. The molecule has 0 fully saturated rings. The molecular weight excluding hydrogens is 255 g/mol. The smallest absolute Gasteiger partial charge is 0.389 e. The Bertz CT molecular complexity index is 441. The molecule has 1 heterocycles. The van der Waals surface area contributed by atoms with Gasteiger partial charge in [0.15, 0.2) is 0 Å². The summed E-state index contributed by atoms with van der Waals surface area (Å²) in [6.45, 7) is 0. The second-order valence-corrected chi connectivity index (χ2v) is 5.13. The number of carbonyl (C=O) groups is 1. The van der Waals surface area contributed by atoms with Gasteiger partial charge in [-0.05, 0) is 12.8 Å². The van der Waals surface area contributed by atoms with E-state index in [1.165, 1.54) is 11.3 Å². The number of aryl methyl sites for hydroxylation is 2. The lowest BCUT2D eigenvalue weighted by atomic mass is 10.1. The summed E-state index contributed by atoms with van der Waals surface area (Å²) in [5.41, 5.74) is 0.472. The van der Waals surface area contributed by atoms with Gasteiger partial charge in [-0.3, -0.25) is 4.79 Å². The highest BCUT2D eigenvalue weighted by molar-refractivity contribution is 7.11. The first kappa shape index (κ1) is 12.3. The Kier molecular flexibility index (Phi) is 3.11. The van der Waals surface area contributed by atoms with E-state index in [-0.39, 0.29) is 6.42 Å². The molecule has 0 bridgehead atoms. The minimum absolute atomic E-state index is 0.159. The van der Waals surface area contributed by atoms with E-state index >= 15 is 0 Å². The standard InChI is InChI=1S/C10H10F3NO2S/c11-10(12,13)4-3-7-14-8-5(9(15)16)1-2-6(8)17-7/h5H,1-4H2,(H,15,16). The van der Waals surface area contributed by atoms with E-state index in [1.54, 1.807) is 0 Å². The molecule has 1 aliphatic carbocycles. The quantitative estimate of drug-likeness (QED) is 0.914. The van der Waals surface area contributed by atoms with Crippen LogP contribution in [0, 0.1) is 0 Å². The second-order valence-electron chi connectivity index (χ2n) is 3.96. The van der Waals surface area contributed by atoms with Crippen LogP contribution in [-0.2, 0) is 17.6 Å². The summed E-state index contributed by atoms with van der Waals surface area (Å²) in [5, 5.41) is 9.30. The molecule has 0 saturated carbocycles. The number of hydrogen-bond donors (Lipinski definition) is 1. The van der Waals surface area contributed by atoms with E-state index in [9.17, 15) is 18.0 Å². The van der Waals surface area contributed by atoms with Crippen molar-refractivity contribution in [3.05, 3.63) is 15.6 Å². The summed E-state index contributed by atoms with van der Waals surface area (Å²) in [5.74, 6) is -1.59. The van der Waals surface area contributed by atoms with Crippen LogP contribution >= 0.6 is 11.3 Å². The number of carboxylic acid groups (broad SMARTS) is 1. The fraction of sp³-hybridized carbons (Fsp3) is 0.600. The number of fused-ring (bicyclic) bond motifs is 1. The molecule has 3 nitrogen and oxygen atoms in total. The van der Waals surface area contributed by atoms with E-state index < -0.39 is 24.5 Å². The molecule has 7 heteroatoms. The predicted molar refractivity (Wildman–Crippen MR) is 55.2 cm³/mol. The van der Waals surface area contributed by atoms with Gasteiger partial charge in [-0.15, -0.1) is 11.3 Å². The van der Waals surface area contributed by atoms with Crippen LogP contribution in [0.15, 0.2) is 0 Å². The minimum atomic E-state index is -4.19. The van der Waals surface area contributed by atoms with Crippen LogP contribution in [0.2, 0.25) is 0 Å². The maximum Gasteiger partial charge on any atom is 0.389 e. The summed E-state index contributed by atoms with van der Waals surface area (Å²) in [4.78, 5) is 15.7. The molecule has 0 aliphatic heterocycles. The number of rotatable bonds is 3. The van der Waals surface area contributed by atoms with Gasteiger partial charge in [0.2, 0.25) is 0 Å². The molecule has 0 saturated heterocycles. The molecule has 1 unspecified atom stereocenters. The Hall–Kier alpha value is -1.11. The predicted octanol–water partition coefficient (Wildman–Crippen LogP) is 2.75. The Morgan fingerprint density at radius 3 is 2.82 bits per heavy atom. The van der Waals surface area contributed by atoms with Crippen LogP contribution < -0.4 is 0 Å². The average molecular weight is 265 g/mol. The Morgan fingerprint density at radius 2 is 2.24 bits per heavy atom. The second kappa shape index (κ2) is 4.29. The van der Waals surface area contributed by atoms with E-state index in [4.69, 9.17) is 5.11 Å². The van der Waals surface area contributed by atoms with Crippen molar-refractivity contribution < 1.29 is 23.1 Å². The molecule has 0 amide bonds. The largest absolute Gasteiger partial charge is 0.481 e. The van der Waals surface area contributed by atoms with Gasteiger partial charge >= 0.3 is 12.1 Å². The van der Waals surface area contributed by atoms with Crippen LogP contribution in [0.3, 0.4) is 0 Å². The lowest BCUT2D eigenvalue weighted by Crippen LogP contribution is -2.10. The SMILES string of the molecule is O=C(O)C1CCc2sc(CCC(F)(F)F)nc21. The van der Waals surface area contributed by atoms with Crippen LogP contribution in [-0.4, -0.2) is 22.2 Å². The van der Waals surface area contributed by atoms with Gasteiger partial charge in [0.25, 0.3) is 0 Å². The van der Waals surface area contributed by atoms with Gasteiger partial charge in [-0.2, -0.15) is 13.2 Å². The van der Waals surface area contributed by atoms with Crippen LogP contribution in [0.4, 0.5) is 13.2 Å². The normalized spacial score (nSPS) is 19.4. The van der Waals surface area contributed by atoms with Gasteiger partial charge in [0.05, 0.1) is 10.7 Å². The monoisotopic (exact) mass is 265 g/mol. The maximum absolute atomic E-state index is 12.0. The van der Waals surface area contributed by atoms with E-state index in [0.717, 1.165) is 4.88 Å². The molecule has 0 radical (unpaired) electrons. The van der Waals surface area contributed by atoms with Gasteiger partial charge in [-0.1, -0.05) is 0 Å². The van der Waals surface area contributed by atoms with E-state index in [2.05, 4.69) is 4.98 Å². The Balaban J connectivity index is 2.09. The fourth-order valence-electron chi connectivity index (χ4n) is 1.87. The van der Waals surface area contributed by atoms with E-state index in [0.29, 0.717) is 23.5 Å². The zero-order valence-electron chi connectivity index (χ0n) is 8.75. The molecule has 1 aliphatic rings. The number of carboxylic acids is 1. The highest BCUT2D eigenvalue weighted by Crippen LogP contribution is 2.37. The van der Waals surface area contributed by atoms with Crippen molar-refractivity contribution in [3.63, 3.8) is 0 Å². The van der Waals surface area contributed by atoms with E-state index in [1.807, 2.05) is 0 Å². The van der Waals surface area contributed by atoms with Crippen molar-refractivity contribution in [1.82, 2.24) is 4.98 Å². The van der Waals surface area contributed by atoms with Crippen LogP contribution in [0.1, 0.15) is 34.3 Å². The molecular formula is C10H10F3NO2S. The number of thiazole rings is 1. The summed E-state index contributed by atoms with van der Waals surface area (Å²) < 4.78 is 36.1. The first-order valence-electron chi connectivity index (χ1n) is 5.15. The summed E-state index contributed by atoms with van der Waals surface area (Å²) in [6, 6.07) is 0. The third-order valence-electron chi connectivity index (χ3n) is 2.68. The molecule has 94 valence electrons. The highest BCUT2D eigenvalue weighted by Gasteiger charge is 2.33. The first-order valence-corrected chi connectivity index (χ1v) is 5.96. The lowest BCUT2D eigenvalue weighted by Gasteiger charge is -2.04. The van der Waals surface area contributed by atoms with Crippen molar-refractivity contribution >= 4 is 17.3 Å². The summed E-state index contributed by atoms with van der Waals surface area (Å²) in [6.07, 6.45) is -4.15. The van der Waals surface area contributed by atoms with Gasteiger partial charge < -0.3 is 5.11 Å². The first-order chi connectivity index (χ1) is 7.87. The van der Waals surface area contributed by atoms with Crippen LogP contribution in [0.5, 0.6) is 0 Å². The molecule has 1 atom stereocenters. The fourth-order valence-corrected chi connectivity index (χ4v) is 3.02. The number of alkyl halides is 3. The van der Waals surface area contributed by atoms with Gasteiger partial charge in [-0.25, -0.2) is 4.98 Å². The third kappa shape index (κ3) is 2.77. The van der Waals surface area contributed by atoms with Crippen molar-refractivity contribution in [3.8, 4) is 0 Å². The number of hydrogen-bond acceptors (Lipinski definition) is 3. The zero-order valence-corrected chi connectivity index (χ0v) is 9.57. The zero-order chi connectivity index (χ0) is 12.6. The maximum atomic E-state index is 12.0. The molecule has 1 aromatic heterocycles. The molecule has 1 N–H and O–H groups in total. The van der Waals surface area contributed by atoms with Crippen molar-refractivity contribution in [1.29, 1.82) is 0 Å². The Labute approximate surface area is 99.3 Å². The molecule has 0 aromatic carbocycles. The molecule has 1 aromatic rings. The third-order valence-corrected chi connectivity index (χ3v) is 3.87. The minimum Gasteiger partial charge on any atom is -0.481 e. The molecule has 0 spiro atoms. The van der Waals surface area contributed by atoms with Crippen molar-refractivity contribution in [2.24, 2.45) is 0 Å². The molecule has 17 heavy (non-hydrogen) atoms. The average Bonchev–Trinajstić information content (AvgIpc) is 2.70. The summed E-state index contributed by atoms with van der Waals surface area (Å²) >= 11 is 1.21. The highest BCUT2D eigenvalue weighted by atomic mass is 32.1. The van der Waals surface area contributed by atoms with Gasteiger partial charge in [0, 0.05) is 17.7 Å². The number of halogens is 3. The number of aliphatic carboxylic acids is 1. The van der Waals surface area contributed by atoms with Crippen molar-refractivity contribution in [2.75, 3.05) is 0 Å². The number of nitrogens with zero attached hydrogens (tertiary/aromatic N) is 1. The topological polar surface area (TPSA) is 50.2 Å². The lowest BCUT2D eigenvalue weighted by molar-refractivity contribution is -0.139.